The summed E-state index contributed by atoms with van der Waals surface area (Å²) in [6, 6.07) is 35.7. The normalized spacial score (nSPS) is 11.9. The molecule has 0 aliphatic rings. The molecule has 0 saturated carbocycles. The fraction of sp³-hybridized carbons (Fsp3) is 0. The molecule has 0 fully saturated rings. The summed E-state index contributed by atoms with van der Waals surface area (Å²) in [6.07, 6.45) is 1.90. The molecular weight excluding hydrogens is 460 g/mol. The Hall–Kier alpha value is -4.61. The van der Waals surface area contributed by atoms with E-state index in [4.69, 9.17) is 15.0 Å². The van der Waals surface area contributed by atoms with Gasteiger partial charge in [0.15, 0.2) is 0 Å². The monoisotopic (exact) mass is 478 g/mol. The molecule has 0 bridgehead atoms. The number of hydrogen-bond acceptors (Lipinski definition) is 4. The molecule has 0 amide bonds. The van der Waals surface area contributed by atoms with Crippen molar-refractivity contribution in [3.05, 3.63) is 109 Å². The molecule has 4 aromatic carbocycles. The maximum absolute atomic E-state index is 5.23. The van der Waals surface area contributed by atoms with Gasteiger partial charge in [0.05, 0.1) is 27.8 Å². The van der Waals surface area contributed by atoms with Crippen molar-refractivity contribution in [2.45, 2.75) is 0 Å². The molecule has 36 heavy (non-hydrogen) atoms. The van der Waals surface area contributed by atoms with Crippen molar-refractivity contribution in [2.75, 3.05) is 0 Å². The molecule has 4 aromatic heterocycles. The fourth-order valence-electron chi connectivity index (χ4n) is 5.19. The van der Waals surface area contributed by atoms with Gasteiger partial charge in [-0.15, -0.1) is 11.3 Å². The maximum Gasteiger partial charge on any atom is 0.235 e. The zero-order chi connectivity index (χ0) is 23.6. The van der Waals surface area contributed by atoms with Crippen molar-refractivity contribution >= 4 is 64.3 Å². The second-order valence-electron chi connectivity index (χ2n) is 8.93. The second-order valence-corrected chi connectivity index (χ2v) is 9.98. The summed E-state index contributed by atoms with van der Waals surface area (Å²) < 4.78 is 4.68. The van der Waals surface area contributed by atoms with Crippen LogP contribution >= 0.6 is 11.3 Å². The minimum absolute atomic E-state index is 0.656. The van der Waals surface area contributed by atoms with Gasteiger partial charge >= 0.3 is 0 Å². The van der Waals surface area contributed by atoms with Gasteiger partial charge in [-0.25, -0.2) is 15.0 Å². The molecule has 0 atom stereocenters. The molecule has 0 aliphatic carbocycles. The van der Waals surface area contributed by atoms with Crippen molar-refractivity contribution in [2.24, 2.45) is 0 Å². The minimum atomic E-state index is 0.656. The number of para-hydroxylation sites is 1. The van der Waals surface area contributed by atoms with E-state index in [9.17, 15) is 0 Å². The van der Waals surface area contributed by atoms with E-state index in [-0.39, 0.29) is 0 Å². The summed E-state index contributed by atoms with van der Waals surface area (Å²) in [5, 5.41) is 4.71. The minimum Gasteiger partial charge on any atom is -0.276 e. The van der Waals surface area contributed by atoms with Crippen LogP contribution in [0.3, 0.4) is 0 Å². The van der Waals surface area contributed by atoms with Crippen LogP contribution in [0.1, 0.15) is 0 Å². The van der Waals surface area contributed by atoms with E-state index in [1.165, 1.54) is 20.2 Å². The van der Waals surface area contributed by atoms with Crippen molar-refractivity contribution in [3.8, 4) is 17.2 Å². The van der Waals surface area contributed by atoms with Crippen LogP contribution < -0.4 is 0 Å². The average molecular weight is 479 g/mol. The zero-order valence-corrected chi connectivity index (χ0v) is 19.9. The van der Waals surface area contributed by atoms with Crippen LogP contribution in [0.5, 0.6) is 0 Å². The van der Waals surface area contributed by atoms with Gasteiger partial charge in [-0.3, -0.25) is 4.57 Å². The van der Waals surface area contributed by atoms with Gasteiger partial charge in [-0.2, -0.15) is 0 Å². The molecule has 0 radical (unpaired) electrons. The van der Waals surface area contributed by atoms with E-state index in [1.54, 1.807) is 0 Å². The number of hydrogen-bond donors (Lipinski definition) is 0. The summed E-state index contributed by atoms with van der Waals surface area (Å²) >= 11 is 1.82. The van der Waals surface area contributed by atoms with Crippen molar-refractivity contribution in [1.82, 2.24) is 19.5 Å². The van der Waals surface area contributed by atoms with Gasteiger partial charge < -0.3 is 0 Å². The predicted molar refractivity (Wildman–Crippen MR) is 150 cm³/mol. The van der Waals surface area contributed by atoms with Crippen LogP contribution in [0.2, 0.25) is 0 Å². The van der Waals surface area contributed by atoms with E-state index in [2.05, 4.69) is 77.4 Å². The first-order chi connectivity index (χ1) is 17.8. The molecule has 168 valence electrons. The molecule has 8 aromatic rings. The van der Waals surface area contributed by atoms with Gasteiger partial charge in [0.1, 0.15) is 0 Å². The third kappa shape index (κ3) is 2.78. The van der Waals surface area contributed by atoms with Crippen molar-refractivity contribution < 1.29 is 0 Å². The van der Waals surface area contributed by atoms with Crippen molar-refractivity contribution in [3.63, 3.8) is 0 Å². The second kappa shape index (κ2) is 7.44. The highest BCUT2D eigenvalue weighted by Crippen LogP contribution is 2.42. The lowest BCUT2D eigenvalue weighted by molar-refractivity contribution is 1.01. The molecule has 0 saturated heterocycles. The first-order valence-corrected chi connectivity index (χ1v) is 12.7. The van der Waals surface area contributed by atoms with Crippen LogP contribution in [0.25, 0.3) is 70.2 Å². The van der Waals surface area contributed by atoms with Crippen LogP contribution in [0.15, 0.2) is 109 Å². The SMILES string of the molecule is c1ccc(-c2ccc3c(n2)c2c4sc5ccccc5c4ccc2n3-c2ncc3ccccc3n2)cc1. The molecule has 0 spiro atoms. The molecular formula is C31H18N4S. The first-order valence-electron chi connectivity index (χ1n) is 11.9. The van der Waals surface area contributed by atoms with Gasteiger partial charge in [0.25, 0.3) is 0 Å². The summed E-state index contributed by atoms with van der Waals surface area (Å²) in [7, 11) is 0. The Kier molecular flexibility index (Phi) is 4.07. The quantitative estimate of drug-likeness (QED) is 0.252. The lowest BCUT2D eigenvalue weighted by Crippen LogP contribution is -2.01. The van der Waals surface area contributed by atoms with E-state index < -0.39 is 0 Å². The Morgan fingerprint density at radius 3 is 2.39 bits per heavy atom. The predicted octanol–water partition coefficient (Wildman–Crippen LogP) is 8.16. The van der Waals surface area contributed by atoms with E-state index in [0.717, 1.165) is 44.1 Å². The largest absolute Gasteiger partial charge is 0.276 e. The topological polar surface area (TPSA) is 43.6 Å². The number of nitrogens with zero attached hydrogens (tertiary/aromatic N) is 4. The Bertz CT molecular complexity index is 2100. The number of fused-ring (bicyclic) bond motifs is 8. The highest BCUT2D eigenvalue weighted by atomic mass is 32.1. The summed E-state index contributed by atoms with van der Waals surface area (Å²) in [4.78, 5) is 15.0. The van der Waals surface area contributed by atoms with Crippen LogP contribution in [-0.4, -0.2) is 19.5 Å². The Balaban J connectivity index is 1.53. The molecule has 4 heterocycles. The average Bonchev–Trinajstić information content (AvgIpc) is 3.48. The van der Waals surface area contributed by atoms with E-state index in [1.807, 2.05) is 47.9 Å². The number of pyridine rings is 1. The van der Waals surface area contributed by atoms with E-state index in [0.29, 0.717) is 5.95 Å². The van der Waals surface area contributed by atoms with Crippen LogP contribution in [-0.2, 0) is 0 Å². The number of aromatic nitrogens is 4. The van der Waals surface area contributed by atoms with Gasteiger partial charge in [0.2, 0.25) is 5.95 Å². The number of thiophene rings is 1. The Morgan fingerprint density at radius 2 is 1.44 bits per heavy atom. The van der Waals surface area contributed by atoms with Gasteiger partial charge in [-0.05, 0) is 30.3 Å². The smallest absolute Gasteiger partial charge is 0.235 e. The number of rotatable bonds is 2. The highest BCUT2D eigenvalue weighted by molar-refractivity contribution is 7.26. The Labute approximate surface area is 210 Å². The number of benzene rings is 4. The molecule has 0 aliphatic heterocycles. The molecule has 4 nitrogen and oxygen atoms in total. The molecule has 0 unspecified atom stereocenters. The van der Waals surface area contributed by atoms with Gasteiger partial charge in [0, 0.05) is 42.7 Å². The van der Waals surface area contributed by atoms with E-state index >= 15 is 0 Å². The fourth-order valence-corrected chi connectivity index (χ4v) is 6.44. The van der Waals surface area contributed by atoms with Crippen LogP contribution in [0.4, 0.5) is 0 Å². The lowest BCUT2D eigenvalue weighted by atomic mass is 10.1. The highest BCUT2D eigenvalue weighted by Gasteiger charge is 2.20. The first kappa shape index (κ1) is 19.7. The molecule has 5 heteroatoms. The van der Waals surface area contributed by atoms with Crippen LogP contribution in [0, 0.1) is 0 Å². The van der Waals surface area contributed by atoms with Crippen molar-refractivity contribution in [1.29, 1.82) is 0 Å². The maximum atomic E-state index is 5.23. The van der Waals surface area contributed by atoms with Gasteiger partial charge in [-0.1, -0.05) is 72.8 Å². The zero-order valence-electron chi connectivity index (χ0n) is 19.1. The Morgan fingerprint density at radius 1 is 0.639 bits per heavy atom. The standard InChI is InChI=1S/C31H18N4S/c1-2-8-19(9-3-1)24-15-17-26-29(33-24)28-25(16-14-22-21-11-5-7-13-27(21)36-30(22)28)35(26)31-32-18-20-10-4-6-12-23(20)34-31/h1-18H. The third-order valence-electron chi connectivity index (χ3n) is 6.86. The molecule has 8 rings (SSSR count). The summed E-state index contributed by atoms with van der Waals surface area (Å²) in [6.45, 7) is 0. The summed E-state index contributed by atoms with van der Waals surface area (Å²) in [5.41, 5.74) is 6.03. The summed E-state index contributed by atoms with van der Waals surface area (Å²) in [5.74, 6) is 0.656. The lowest BCUT2D eigenvalue weighted by Gasteiger charge is -2.07. The third-order valence-corrected chi connectivity index (χ3v) is 8.07. The molecule has 0 N–H and O–H groups in total.